The SMILES string of the molecule is CC[C@H](C)Sc1ccc(NC(=O)NCc2cnn(C)c2)c(C)c1. The zero-order valence-corrected chi connectivity index (χ0v) is 14.9. The molecule has 1 aromatic heterocycles. The van der Waals surface area contributed by atoms with Crippen LogP contribution in [0, 0.1) is 6.92 Å². The molecule has 0 aliphatic carbocycles. The molecule has 2 N–H and O–H groups in total. The van der Waals surface area contributed by atoms with Crippen LogP contribution in [-0.4, -0.2) is 21.1 Å². The highest BCUT2D eigenvalue weighted by molar-refractivity contribution is 7.99. The molecule has 1 atom stereocenters. The number of benzene rings is 1. The van der Waals surface area contributed by atoms with Crippen LogP contribution >= 0.6 is 11.8 Å². The number of hydrogen-bond acceptors (Lipinski definition) is 3. The standard InChI is InChI=1S/C17H24N4OS/c1-5-13(3)23-15-6-7-16(12(2)8-15)20-17(22)18-9-14-10-19-21(4)11-14/h6-8,10-11,13H,5,9H2,1-4H3,(H2,18,20,22)/t13-/m0/s1. The quantitative estimate of drug-likeness (QED) is 0.788. The lowest BCUT2D eigenvalue weighted by Crippen LogP contribution is -2.28. The van der Waals surface area contributed by atoms with E-state index in [1.165, 1.54) is 4.90 Å². The third kappa shape index (κ3) is 5.32. The van der Waals surface area contributed by atoms with Crippen LogP contribution in [0.2, 0.25) is 0 Å². The second-order valence-electron chi connectivity index (χ2n) is 5.64. The van der Waals surface area contributed by atoms with Crippen molar-refractivity contribution in [1.82, 2.24) is 15.1 Å². The van der Waals surface area contributed by atoms with E-state index in [2.05, 4.69) is 41.7 Å². The van der Waals surface area contributed by atoms with Gasteiger partial charge in [-0.3, -0.25) is 4.68 Å². The Balaban J connectivity index is 1.90. The Kier molecular flexibility index (Phi) is 6.10. The van der Waals surface area contributed by atoms with Crippen molar-refractivity contribution in [1.29, 1.82) is 0 Å². The molecule has 23 heavy (non-hydrogen) atoms. The third-order valence-corrected chi connectivity index (χ3v) is 4.83. The van der Waals surface area contributed by atoms with E-state index in [4.69, 9.17) is 0 Å². The van der Waals surface area contributed by atoms with Crippen LogP contribution in [0.1, 0.15) is 31.4 Å². The number of anilines is 1. The fraction of sp³-hybridized carbons (Fsp3) is 0.412. The van der Waals surface area contributed by atoms with E-state index in [1.54, 1.807) is 10.9 Å². The molecule has 0 fully saturated rings. The van der Waals surface area contributed by atoms with Gasteiger partial charge in [0.1, 0.15) is 0 Å². The molecule has 0 saturated carbocycles. The van der Waals surface area contributed by atoms with Gasteiger partial charge in [0, 0.05) is 41.2 Å². The number of amides is 2. The number of carbonyl (C=O) groups is 1. The molecule has 0 unspecified atom stereocenters. The second kappa shape index (κ2) is 8.06. The molecule has 0 bridgehead atoms. The van der Waals surface area contributed by atoms with Crippen molar-refractivity contribution in [3.8, 4) is 0 Å². The maximum Gasteiger partial charge on any atom is 0.319 e. The van der Waals surface area contributed by atoms with Gasteiger partial charge in [-0.1, -0.05) is 13.8 Å². The molecular weight excluding hydrogens is 308 g/mol. The molecule has 5 nitrogen and oxygen atoms in total. The highest BCUT2D eigenvalue weighted by atomic mass is 32.2. The number of aromatic nitrogens is 2. The Hall–Kier alpha value is -1.95. The summed E-state index contributed by atoms with van der Waals surface area (Å²) in [5, 5.41) is 10.4. The Bertz CT molecular complexity index is 668. The van der Waals surface area contributed by atoms with E-state index in [0.717, 1.165) is 23.2 Å². The third-order valence-electron chi connectivity index (χ3n) is 3.57. The lowest BCUT2D eigenvalue weighted by Gasteiger charge is -2.12. The van der Waals surface area contributed by atoms with E-state index >= 15 is 0 Å². The van der Waals surface area contributed by atoms with Crippen molar-refractivity contribution in [3.63, 3.8) is 0 Å². The molecule has 1 aromatic carbocycles. The molecule has 0 radical (unpaired) electrons. The van der Waals surface area contributed by atoms with Crippen molar-refractivity contribution in [2.24, 2.45) is 7.05 Å². The predicted octanol–water partition coefficient (Wildman–Crippen LogP) is 3.94. The number of aryl methyl sites for hydroxylation is 2. The van der Waals surface area contributed by atoms with Crippen LogP contribution in [0.15, 0.2) is 35.5 Å². The van der Waals surface area contributed by atoms with Crippen LogP contribution in [0.4, 0.5) is 10.5 Å². The Labute approximate surface area is 141 Å². The fourth-order valence-corrected chi connectivity index (χ4v) is 3.10. The summed E-state index contributed by atoms with van der Waals surface area (Å²) in [6, 6.07) is 5.93. The van der Waals surface area contributed by atoms with Gasteiger partial charge < -0.3 is 10.6 Å². The number of nitrogens with zero attached hydrogens (tertiary/aromatic N) is 2. The van der Waals surface area contributed by atoms with Crippen LogP contribution in [0.5, 0.6) is 0 Å². The molecule has 1 heterocycles. The fourth-order valence-electron chi connectivity index (χ4n) is 2.08. The largest absolute Gasteiger partial charge is 0.334 e. The van der Waals surface area contributed by atoms with Crippen molar-refractivity contribution in [2.45, 2.75) is 43.9 Å². The summed E-state index contributed by atoms with van der Waals surface area (Å²) < 4.78 is 1.72. The van der Waals surface area contributed by atoms with E-state index in [0.29, 0.717) is 11.8 Å². The first kappa shape index (κ1) is 17.4. The van der Waals surface area contributed by atoms with Gasteiger partial charge in [-0.2, -0.15) is 5.10 Å². The monoisotopic (exact) mass is 332 g/mol. The molecule has 0 aliphatic heterocycles. The van der Waals surface area contributed by atoms with Crippen LogP contribution in [0.3, 0.4) is 0 Å². The van der Waals surface area contributed by atoms with Crippen LogP contribution in [-0.2, 0) is 13.6 Å². The first-order valence-electron chi connectivity index (χ1n) is 7.77. The maximum atomic E-state index is 12.0. The number of rotatable bonds is 6. The van der Waals surface area contributed by atoms with Crippen molar-refractivity contribution >= 4 is 23.5 Å². The zero-order valence-electron chi connectivity index (χ0n) is 14.1. The topological polar surface area (TPSA) is 59.0 Å². The van der Waals surface area contributed by atoms with E-state index < -0.39 is 0 Å². The number of urea groups is 1. The summed E-state index contributed by atoms with van der Waals surface area (Å²) in [6.07, 6.45) is 4.76. The highest BCUT2D eigenvalue weighted by Gasteiger charge is 2.07. The van der Waals surface area contributed by atoms with Gasteiger partial charge in [0.2, 0.25) is 0 Å². The number of hydrogen-bond donors (Lipinski definition) is 2. The zero-order chi connectivity index (χ0) is 16.8. The lowest BCUT2D eigenvalue weighted by atomic mass is 10.2. The number of carbonyl (C=O) groups excluding carboxylic acids is 1. The Morgan fingerprint density at radius 1 is 1.43 bits per heavy atom. The molecular formula is C17H24N4OS. The van der Waals surface area contributed by atoms with Gasteiger partial charge in [0.05, 0.1) is 6.20 Å². The van der Waals surface area contributed by atoms with Gasteiger partial charge in [-0.05, 0) is 37.1 Å². The molecule has 124 valence electrons. The summed E-state index contributed by atoms with van der Waals surface area (Å²) in [4.78, 5) is 13.2. The van der Waals surface area contributed by atoms with Gasteiger partial charge >= 0.3 is 6.03 Å². The Morgan fingerprint density at radius 3 is 2.83 bits per heavy atom. The minimum absolute atomic E-state index is 0.209. The van der Waals surface area contributed by atoms with Crippen molar-refractivity contribution in [3.05, 3.63) is 41.7 Å². The van der Waals surface area contributed by atoms with Gasteiger partial charge in [-0.15, -0.1) is 11.8 Å². The second-order valence-corrected chi connectivity index (χ2v) is 7.16. The van der Waals surface area contributed by atoms with Crippen molar-refractivity contribution < 1.29 is 4.79 Å². The van der Waals surface area contributed by atoms with E-state index in [9.17, 15) is 4.79 Å². The number of thioether (sulfide) groups is 1. The molecule has 0 aliphatic rings. The molecule has 0 saturated heterocycles. The summed E-state index contributed by atoms with van der Waals surface area (Å²) in [6.45, 7) is 6.88. The maximum absolute atomic E-state index is 12.0. The van der Waals surface area contributed by atoms with E-state index in [1.807, 2.05) is 38.0 Å². The van der Waals surface area contributed by atoms with Gasteiger partial charge in [0.15, 0.2) is 0 Å². The van der Waals surface area contributed by atoms with Crippen LogP contribution < -0.4 is 10.6 Å². The first-order valence-corrected chi connectivity index (χ1v) is 8.65. The molecule has 0 spiro atoms. The van der Waals surface area contributed by atoms with Gasteiger partial charge in [0.25, 0.3) is 0 Å². The van der Waals surface area contributed by atoms with Gasteiger partial charge in [-0.25, -0.2) is 4.79 Å². The summed E-state index contributed by atoms with van der Waals surface area (Å²) in [5.41, 5.74) is 2.87. The van der Waals surface area contributed by atoms with Crippen LogP contribution in [0.25, 0.3) is 0 Å². The summed E-state index contributed by atoms with van der Waals surface area (Å²) in [7, 11) is 1.85. The normalized spacial score (nSPS) is 12.0. The lowest BCUT2D eigenvalue weighted by molar-refractivity contribution is 0.251. The summed E-state index contributed by atoms with van der Waals surface area (Å²) >= 11 is 1.86. The van der Waals surface area contributed by atoms with E-state index in [-0.39, 0.29) is 6.03 Å². The molecule has 2 amide bonds. The average Bonchev–Trinajstić information content (AvgIpc) is 2.93. The minimum Gasteiger partial charge on any atom is -0.334 e. The average molecular weight is 332 g/mol. The predicted molar refractivity (Wildman–Crippen MR) is 95.9 cm³/mol. The molecule has 2 rings (SSSR count). The summed E-state index contributed by atoms with van der Waals surface area (Å²) in [5.74, 6) is 0. The smallest absolute Gasteiger partial charge is 0.319 e. The number of nitrogens with one attached hydrogen (secondary N) is 2. The minimum atomic E-state index is -0.209. The van der Waals surface area contributed by atoms with Crippen molar-refractivity contribution in [2.75, 3.05) is 5.32 Å². The first-order chi connectivity index (χ1) is 11.0. The Morgan fingerprint density at radius 2 is 2.22 bits per heavy atom. The molecule has 6 heteroatoms. The molecule has 2 aromatic rings. The highest BCUT2D eigenvalue weighted by Crippen LogP contribution is 2.28.